The fourth-order valence-electron chi connectivity index (χ4n) is 1.34. The second-order valence-corrected chi connectivity index (χ2v) is 3.51. The molecule has 1 aromatic heterocycles. The number of halogens is 2. The monoisotopic (exact) mass is 241 g/mol. The Hall–Kier alpha value is -1.53. The van der Waals surface area contributed by atoms with E-state index in [0.717, 1.165) is 0 Å². The molecule has 1 heterocycles. The van der Waals surface area contributed by atoms with Crippen molar-refractivity contribution in [2.75, 3.05) is 7.05 Å². The largest absolute Gasteiger partial charge is 0.313 e. The Morgan fingerprint density at radius 1 is 1.50 bits per heavy atom. The van der Waals surface area contributed by atoms with Crippen LogP contribution in [-0.2, 0) is 6.54 Å². The van der Waals surface area contributed by atoms with Crippen molar-refractivity contribution in [1.29, 1.82) is 0 Å². The van der Waals surface area contributed by atoms with Gasteiger partial charge in [-0.2, -0.15) is 4.68 Å². The molecule has 0 aliphatic carbocycles. The predicted molar refractivity (Wildman–Crippen MR) is 56.9 cm³/mol. The van der Waals surface area contributed by atoms with E-state index in [4.69, 9.17) is 11.6 Å². The van der Waals surface area contributed by atoms with Gasteiger partial charge in [0.15, 0.2) is 11.6 Å². The van der Waals surface area contributed by atoms with Crippen molar-refractivity contribution in [3.8, 4) is 5.69 Å². The van der Waals surface area contributed by atoms with Crippen LogP contribution in [0, 0.1) is 5.82 Å². The molecule has 7 heteroatoms. The number of nitrogens with zero attached hydrogens (tertiary/aromatic N) is 4. The van der Waals surface area contributed by atoms with Crippen LogP contribution in [0.1, 0.15) is 5.82 Å². The molecular weight excluding hydrogens is 233 g/mol. The first kappa shape index (κ1) is 11.0. The molecule has 0 unspecified atom stereocenters. The van der Waals surface area contributed by atoms with Crippen LogP contribution in [0.25, 0.3) is 5.69 Å². The first-order chi connectivity index (χ1) is 7.74. The third-order valence-electron chi connectivity index (χ3n) is 2.02. The number of aromatic nitrogens is 4. The molecule has 0 saturated heterocycles. The van der Waals surface area contributed by atoms with E-state index in [1.165, 1.54) is 16.8 Å². The van der Waals surface area contributed by atoms with E-state index in [1.54, 1.807) is 13.1 Å². The van der Waals surface area contributed by atoms with Gasteiger partial charge < -0.3 is 5.32 Å². The Balaban J connectivity index is 2.54. The lowest BCUT2D eigenvalue weighted by Crippen LogP contribution is -2.13. The van der Waals surface area contributed by atoms with Gasteiger partial charge in [0.2, 0.25) is 0 Å². The second-order valence-electron chi connectivity index (χ2n) is 3.11. The lowest BCUT2D eigenvalue weighted by Gasteiger charge is -2.06. The van der Waals surface area contributed by atoms with Crippen LogP contribution >= 0.6 is 11.6 Å². The summed E-state index contributed by atoms with van der Waals surface area (Å²) in [5.74, 6) is 0.0339. The maximum absolute atomic E-state index is 13.6. The summed E-state index contributed by atoms with van der Waals surface area (Å²) in [7, 11) is 1.75. The Morgan fingerprint density at radius 2 is 2.31 bits per heavy atom. The van der Waals surface area contributed by atoms with E-state index in [-0.39, 0.29) is 10.7 Å². The number of rotatable bonds is 3. The van der Waals surface area contributed by atoms with Crippen LogP contribution in [0.15, 0.2) is 18.2 Å². The van der Waals surface area contributed by atoms with Crippen molar-refractivity contribution in [2.45, 2.75) is 6.54 Å². The average Bonchev–Trinajstić information content (AvgIpc) is 2.67. The van der Waals surface area contributed by atoms with Gasteiger partial charge in [0.1, 0.15) is 5.69 Å². The van der Waals surface area contributed by atoms with Crippen molar-refractivity contribution in [1.82, 2.24) is 25.5 Å². The van der Waals surface area contributed by atoms with Crippen LogP contribution in [0.2, 0.25) is 5.02 Å². The molecule has 0 bridgehead atoms. The van der Waals surface area contributed by atoms with Crippen molar-refractivity contribution in [3.05, 3.63) is 34.9 Å². The highest BCUT2D eigenvalue weighted by Gasteiger charge is 2.14. The summed E-state index contributed by atoms with van der Waals surface area (Å²) in [6.45, 7) is 0.428. The summed E-state index contributed by atoms with van der Waals surface area (Å²) in [5, 5.41) is 14.2. The van der Waals surface area contributed by atoms with Crippen LogP contribution < -0.4 is 5.32 Å². The summed E-state index contributed by atoms with van der Waals surface area (Å²) in [4.78, 5) is 0. The number of hydrogen-bond acceptors (Lipinski definition) is 4. The zero-order valence-electron chi connectivity index (χ0n) is 8.48. The summed E-state index contributed by atoms with van der Waals surface area (Å²) in [6.07, 6.45) is 0. The van der Waals surface area contributed by atoms with Crippen molar-refractivity contribution >= 4 is 11.6 Å². The van der Waals surface area contributed by atoms with Gasteiger partial charge >= 0.3 is 0 Å². The summed E-state index contributed by atoms with van der Waals surface area (Å²) in [6, 6.07) is 4.43. The summed E-state index contributed by atoms with van der Waals surface area (Å²) < 4.78 is 14.9. The molecule has 0 saturated carbocycles. The summed E-state index contributed by atoms with van der Waals surface area (Å²) >= 11 is 5.92. The van der Waals surface area contributed by atoms with E-state index in [1.807, 2.05) is 0 Å². The van der Waals surface area contributed by atoms with Gasteiger partial charge in [-0.25, -0.2) is 4.39 Å². The minimum absolute atomic E-state index is 0.166. The van der Waals surface area contributed by atoms with Crippen molar-refractivity contribution in [3.63, 3.8) is 0 Å². The van der Waals surface area contributed by atoms with Crippen LogP contribution in [0.5, 0.6) is 0 Å². The highest BCUT2D eigenvalue weighted by molar-refractivity contribution is 6.32. The molecular formula is C9H9ClFN5. The van der Waals surface area contributed by atoms with E-state index in [9.17, 15) is 4.39 Å². The third-order valence-corrected chi connectivity index (χ3v) is 2.32. The van der Waals surface area contributed by atoms with Gasteiger partial charge in [-0.05, 0) is 29.6 Å². The zero-order chi connectivity index (χ0) is 11.5. The highest BCUT2D eigenvalue weighted by Crippen LogP contribution is 2.22. The maximum Gasteiger partial charge on any atom is 0.170 e. The Morgan fingerprint density at radius 3 is 3.00 bits per heavy atom. The zero-order valence-corrected chi connectivity index (χ0v) is 9.24. The molecule has 16 heavy (non-hydrogen) atoms. The fourth-order valence-corrected chi connectivity index (χ4v) is 1.58. The number of hydrogen-bond donors (Lipinski definition) is 1. The molecule has 5 nitrogen and oxygen atoms in total. The summed E-state index contributed by atoms with van der Waals surface area (Å²) in [5.41, 5.74) is 0.166. The Bertz CT molecular complexity index is 478. The van der Waals surface area contributed by atoms with Crippen molar-refractivity contribution in [2.24, 2.45) is 0 Å². The van der Waals surface area contributed by atoms with Crippen LogP contribution in [0.3, 0.4) is 0 Å². The second kappa shape index (κ2) is 4.54. The minimum Gasteiger partial charge on any atom is -0.313 e. The fraction of sp³-hybridized carbons (Fsp3) is 0.222. The molecule has 0 spiro atoms. The van der Waals surface area contributed by atoms with Crippen molar-refractivity contribution < 1.29 is 4.39 Å². The molecule has 2 rings (SSSR count). The first-order valence-electron chi connectivity index (χ1n) is 4.60. The smallest absolute Gasteiger partial charge is 0.170 e. The number of benzene rings is 1. The average molecular weight is 242 g/mol. The lowest BCUT2D eigenvalue weighted by molar-refractivity contribution is 0.599. The molecule has 2 aromatic rings. The van der Waals surface area contributed by atoms with Gasteiger partial charge in [0, 0.05) is 0 Å². The first-order valence-corrected chi connectivity index (χ1v) is 4.98. The van der Waals surface area contributed by atoms with Gasteiger partial charge in [-0.15, -0.1) is 5.10 Å². The van der Waals surface area contributed by atoms with Crippen LogP contribution in [-0.4, -0.2) is 27.3 Å². The quantitative estimate of drug-likeness (QED) is 0.877. The molecule has 0 radical (unpaired) electrons. The number of nitrogens with one attached hydrogen (secondary N) is 1. The molecule has 0 fully saturated rings. The van der Waals surface area contributed by atoms with Gasteiger partial charge in [0.05, 0.1) is 11.6 Å². The van der Waals surface area contributed by atoms with E-state index >= 15 is 0 Å². The highest BCUT2D eigenvalue weighted by atomic mass is 35.5. The normalized spacial score (nSPS) is 10.7. The van der Waals surface area contributed by atoms with E-state index in [0.29, 0.717) is 12.4 Å². The van der Waals surface area contributed by atoms with E-state index in [2.05, 4.69) is 20.8 Å². The molecule has 1 N–H and O–H groups in total. The van der Waals surface area contributed by atoms with Gasteiger partial charge in [0.25, 0.3) is 0 Å². The maximum atomic E-state index is 13.6. The topological polar surface area (TPSA) is 55.6 Å². The number of para-hydroxylation sites is 1. The van der Waals surface area contributed by atoms with Crippen LogP contribution in [0.4, 0.5) is 4.39 Å². The molecule has 84 valence electrons. The third kappa shape index (κ3) is 1.89. The van der Waals surface area contributed by atoms with Gasteiger partial charge in [-0.1, -0.05) is 17.7 Å². The van der Waals surface area contributed by atoms with E-state index < -0.39 is 5.82 Å². The Kier molecular flexibility index (Phi) is 3.12. The molecule has 0 amide bonds. The predicted octanol–water partition coefficient (Wildman–Crippen LogP) is 1.17. The Labute approximate surface area is 96.2 Å². The standard InChI is InChI=1S/C9H9ClFN5/c1-12-5-8-13-14-15-16(8)9-6(10)3-2-4-7(9)11/h2-4,12H,5H2,1H3. The molecule has 0 atom stereocenters. The molecule has 0 aliphatic heterocycles. The SMILES string of the molecule is CNCc1nnnn1-c1c(F)cccc1Cl. The van der Waals surface area contributed by atoms with Gasteiger partial charge in [-0.3, -0.25) is 0 Å². The minimum atomic E-state index is -0.461. The lowest BCUT2D eigenvalue weighted by atomic mass is 10.3. The number of tetrazole rings is 1. The molecule has 0 aliphatic rings. The molecule has 1 aromatic carbocycles.